The molecule has 0 radical (unpaired) electrons. The minimum absolute atomic E-state index is 0.00448. The van der Waals surface area contributed by atoms with Crippen molar-refractivity contribution in [1.82, 2.24) is 9.80 Å². The largest absolute Gasteiger partial charge is 0.394 e. The second-order valence-corrected chi connectivity index (χ2v) is 6.82. The fourth-order valence-electron chi connectivity index (χ4n) is 4.46. The number of fused-ring (bicyclic) bond motifs is 2. The van der Waals surface area contributed by atoms with Crippen molar-refractivity contribution in [2.75, 3.05) is 33.3 Å². The number of likely N-dealkylation sites (N-methyl/N-ethyl adjacent to an activating group) is 1. The highest BCUT2D eigenvalue weighted by Crippen LogP contribution is 2.49. The molecule has 2 bridgehead atoms. The van der Waals surface area contributed by atoms with E-state index in [0.29, 0.717) is 5.92 Å². The summed E-state index contributed by atoms with van der Waals surface area (Å²) in [6.45, 7) is 2.60. The van der Waals surface area contributed by atoms with E-state index in [1.807, 2.05) is 4.90 Å². The number of aliphatic hydroxyl groups excluding tert-OH is 1. The second kappa shape index (κ2) is 5.41. The zero-order chi connectivity index (χ0) is 13.4. The Hall–Kier alpha value is -0.610. The van der Waals surface area contributed by atoms with Gasteiger partial charge in [0, 0.05) is 26.1 Å². The lowest BCUT2D eigenvalue weighted by Gasteiger charge is -2.40. The first-order valence-corrected chi connectivity index (χ1v) is 7.76. The molecule has 1 amide bonds. The molecule has 3 rings (SSSR count). The van der Waals surface area contributed by atoms with Crippen LogP contribution in [0.4, 0.5) is 0 Å². The monoisotopic (exact) mass is 266 g/mol. The number of carbonyl (C=O) groups is 1. The molecule has 0 aromatic rings. The molecule has 4 nitrogen and oxygen atoms in total. The molecule has 1 N–H and O–H groups in total. The van der Waals surface area contributed by atoms with Crippen LogP contribution < -0.4 is 0 Å². The molecule has 19 heavy (non-hydrogen) atoms. The van der Waals surface area contributed by atoms with Crippen molar-refractivity contribution in [2.24, 2.45) is 17.8 Å². The second-order valence-electron chi connectivity index (χ2n) is 6.82. The minimum Gasteiger partial charge on any atom is -0.394 e. The Kier molecular flexibility index (Phi) is 3.81. The van der Waals surface area contributed by atoms with Crippen LogP contribution in [-0.2, 0) is 4.79 Å². The van der Waals surface area contributed by atoms with Gasteiger partial charge in [0.2, 0.25) is 5.91 Å². The molecule has 4 unspecified atom stereocenters. The summed E-state index contributed by atoms with van der Waals surface area (Å²) >= 11 is 0. The van der Waals surface area contributed by atoms with Crippen LogP contribution in [0.1, 0.15) is 32.1 Å². The van der Waals surface area contributed by atoms with Crippen molar-refractivity contribution in [1.29, 1.82) is 0 Å². The van der Waals surface area contributed by atoms with E-state index in [2.05, 4.69) is 11.9 Å². The van der Waals surface area contributed by atoms with Crippen LogP contribution in [-0.4, -0.2) is 60.1 Å². The Balaban J connectivity index is 1.57. The maximum atomic E-state index is 12.5. The van der Waals surface area contributed by atoms with Crippen LogP contribution in [0.5, 0.6) is 0 Å². The molecule has 1 heterocycles. The van der Waals surface area contributed by atoms with E-state index in [0.717, 1.165) is 37.9 Å². The van der Waals surface area contributed by atoms with Gasteiger partial charge in [0.25, 0.3) is 0 Å². The third-order valence-electron chi connectivity index (χ3n) is 5.54. The van der Waals surface area contributed by atoms with E-state index in [9.17, 15) is 9.90 Å². The zero-order valence-electron chi connectivity index (χ0n) is 11.9. The fraction of sp³-hybridized carbons (Fsp3) is 0.933. The van der Waals surface area contributed by atoms with Crippen LogP contribution in [0.15, 0.2) is 0 Å². The maximum Gasteiger partial charge on any atom is 0.223 e. The Morgan fingerprint density at radius 2 is 2.11 bits per heavy atom. The van der Waals surface area contributed by atoms with Crippen molar-refractivity contribution in [2.45, 2.75) is 38.1 Å². The first kappa shape index (κ1) is 13.4. The van der Waals surface area contributed by atoms with Crippen LogP contribution in [0.25, 0.3) is 0 Å². The van der Waals surface area contributed by atoms with Gasteiger partial charge in [0.1, 0.15) is 0 Å². The average molecular weight is 266 g/mol. The number of carbonyl (C=O) groups excluding carboxylic acids is 1. The standard InChI is InChI=1S/C15H26N2O2/c1-16-4-5-17(14(9-16)10-18)15(19)8-13-7-11-2-3-12(13)6-11/h11-14,18H,2-10H2,1H3. The highest BCUT2D eigenvalue weighted by atomic mass is 16.3. The number of rotatable bonds is 3. The van der Waals surface area contributed by atoms with Crippen molar-refractivity contribution < 1.29 is 9.90 Å². The third-order valence-corrected chi connectivity index (χ3v) is 5.54. The lowest BCUT2D eigenvalue weighted by atomic mass is 9.86. The molecule has 2 aliphatic carbocycles. The minimum atomic E-state index is 0.00448. The molecule has 2 saturated carbocycles. The first-order valence-electron chi connectivity index (χ1n) is 7.76. The fourth-order valence-corrected chi connectivity index (χ4v) is 4.46. The number of amides is 1. The number of nitrogens with zero attached hydrogens (tertiary/aromatic N) is 2. The highest BCUT2D eigenvalue weighted by Gasteiger charge is 2.41. The first-order chi connectivity index (χ1) is 9.17. The van der Waals surface area contributed by atoms with Gasteiger partial charge < -0.3 is 14.9 Å². The molecule has 108 valence electrons. The van der Waals surface area contributed by atoms with Crippen molar-refractivity contribution in [3.8, 4) is 0 Å². The van der Waals surface area contributed by atoms with Crippen LogP contribution >= 0.6 is 0 Å². The molecule has 1 saturated heterocycles. The summed E-state index contributed by atoms with van der Waals surface area (Å²) in [6, 6.07) is 0.00448. The van der Waals surface area contributed by atoms with Gasteiger partial charge in [0.15, 0.2) is 0 Å². The smallest absolute Gasteiger partial charge is 0.223 e. The summed E-state index contributed by atoms with van der Waals surface area (Å²) in [4.78, 5) is 16.6. The summed E-state index contributed by atoms with van der Waals surface area (Å²) in [5.41, 5.74) is 0. The predicted molar refractivity (Wildman–Crippen MR) is 73.6 cm³/mol. The topological polar surface area (TPSA) is 43.8 Å². The molecule has 4 atom stereocenters. The van der Waals surface area contributed by atoms with E-state index in [1.54, 1.807) is 0 Å². The van der Waals surface area contributed by atoms with Gasteiger partial charge in [-0.3, -0.25) is 4.79 Å². The Morgan fingerprint density at radius 3 is 2.74 bits per heavy atom. The summed E-state index contributed by atoms with van der Waals surface area (Å²) in [7, 11) is 2.06. The third kappa shape index (κ3) is 2.65. The SMILES string of the molecule is CN1CCN(C(=O)CC2CC3CCC2C3)C(CO)C1. The van der Waals surface area contributed by atoms with Crippen LogP contribution in [0.3, 0.4) is 0 Å². The van der Waals surface area contributed by atoms with E-state index in [-0.39, 0.29) is 18.6 Å². The average Bonchev–Trinajstić information content (AvgIpc) is 3.00. The van der Waals surface area contributed by atoms with E-state index >= 15 is 0 Å². The number of aliphatic hydroxyl groups is 1. The van der Waals surface area contributed by atoms with Gasteiger partial charge in [-0.15, -0.1) is 0 Å². The van der Waals surface area contributed by atoms with Gasteiger partial charge in [0.05, 0.1) is 12.6 Å². The van der Waals surface area contributed by atoms with Crippen molar-refractivity contribution >= 4 is 5.91 Å². The van der Waals surface area contributed by atoms with Crippen LogP contribution in [0.2, 0.25) is 0 Å². The molecule has 4 heteroatoms. The van der Waals surface area contributed by atoms with E-state index < -0.39 is 0 Å². The molecule has 0 aromatic heterocycles. The summed E-state index contributed by atoms with van der Waals surface area (Å²) in [6.07, 6.45) is 6.09. The molecule has 3 fully saturated rings. The van der Waals surface area contributed by atoms with Gasteiger partial charge in [-0.1, -0.05) is 6.42 Å². The molecule has 1 aliphatic heterocycles. The lowest BCUT2D eigenvalue weighted by molar-refractivity contribution is -0.138. The molecule has 0 aromatic carbocycles. The van der Waals surface area contributed by atoms with Gasteiger partial charge >= 0.3 is 0 Å². The number of hydrogen-bond acceptors (Lipinski definition) is 3. The maximum absolute atomic E-state index is 12.5. The molecule has 0 spiro atoms. The molecular formula is C15H26N2O2. The van der Waals surface area contributed by atoms with E-state index in [4.69, 9.17) is 0 Å². The molecular weight excluding hydrogens is 240 g/mol. The van der Waals surface area contributed by atoms with Gasteiger partial charge in [-0.25, -0.2) is 0 Å². The van der Waals surface area contributed by atoms with Crippen molar-refractivity contribution in [3.05, 3.63) is 0 Å². The van der Waals surface area contributed by atoms with Crippen LogP contribution in [0, 0.1) is 17.8 Å². The predicted octanol–water partition coefficient (Wildman–Crippen LogP) is 0.948. The Bertz CT molecular complexity index is 347. The number of piperazine rings is 1. The lowest BCUT2D eigenvalue weighted by Crippen LogP contribution is -2.55. The normalized spacial score (nSPS) is 38.9. The van der Waals surface area contributed by atoms with Gasteiger partial charge in [-0.05, 0) is 44.1 Å². The summed E-state index contributed by atoms with van der Waals surface area (Å²) < 4.78 is 0. The van der Waals surface area contributed by atoms with Gasteiger partial charge in [-0.2, -0.15) is 0 Å². The van der Waals surface area contributed by atoms with Crippen molar-refractivity contribution in [3.63, 3.8) is 0 Å². The Labute approximate surface area is 115 Å². The highest BCUT2D eigenvalue weighted by molar-refractivity contribution is 5.77. The Morgan fingerprint density at radius 1 is 1.26 bits per heavy atom. The summed E-state index contributed by atoms with van der Waals surface area (Å²) in [5.74, 6) is 2.63. The number of hydrogen-bond donors (Lipinski definition) is 1. The molecule has 3 aliphatic rings. The van der Waals surface area contributed by atoms with E-state index in [1.165, 1.54) is 25.7 Å². The zero-order valence-corrected chi connectivity index (χ0v) is 11.9. The summed E-state index contributed by atoms with van der Waals surface area (Å²) in [5, 5.41) is 9.47. The quantitative estimate of drug-likeness (QED) is 0.827.